The molecule has 108 valence electrons. The van der Waals surface area contributed by atoms with E-state index in [1.165, 1.54) is 0 Å². The van der Waals surface area contributed by atoms with Crippen LogP contribution < -0.4 is 11.1 Å². The minimum atomic E-state index is -0.842. The highest BCUT2D eigenvalue weighted by atomic mass is 16.2. The second-order valence-corrected chi connectivity index (χ2v) is 5.05. The molecule has 1 unspecified atom stereocenters. The van der Waals surface area contributed by atoms with Crippen LogP contribution in [0.5, 0.6) is 0 Å². The number of carbonyl (C=O) groups excluding carboxylic acids is 3. The summed E-state index contributed by atoms with van der Waals surface area (Å²) in [4.78, 5) is 37.8. The molecule has 0 aromatic carbocycles. The molecule has 0 saturated carbocycles. The summed E-state index contributed by atoms with van der Waals surface area (Å²) in [6.45, 7) is 7.90. The normalized spacial score (nSPS) is 18.2. The number of hydrogen-bond donors (Lipinski definition) is 2. The van der Waals surface area contributed by atoms with E-state index < -0.39 is 18.0 Å². The Bertz CT molecular complexity index is 362. The van der Waals surface area contributed by atoms with Crippen LogP contribution in [0.3, 0.4) is 0 Å². The third-order valence-corrected chi connectivity index (χ3v) is 3.29. The third-order valence-electron chi connectivity index (χ3n) is 3.29. The Morgan fingerprint density at radius 1 is 1.05 bits per heavy atom. The van der Waals surface area contributed by atoms with Crippen LogP contribution in [0.1, 0.15) is 20.8 Å². The Labute approximate surface area is 113 Å². The molecule has 7 heteroatoms. The Hall–Kier alpha value is -1.63. The second kappa shape index (κ2) is 6.51. The zero-order valence-electron chi connectivity index (χ0n) is 11.7. The highest BCUT2D eigenvalue weighted by Gasteiger charge is 2.28. The van der Waals surface area contributed by atoms with Crippen molar-refractivity contribution >= 4 is 17.8 Å². The first-order chi connectivity index (χ1) is 8.82. The Morgan fingerprint density at radius 2 is 1.58 bits per heavy atom. The number of urea groups is 1. The van der Waals surface area contributed by atoms with Crippen molar-refractivity contribution in [3.63, 3.8) is 0 Å². The SMILES string of the molecule is CC(C)C(=O)N1CCN(C(C)C(=O)NC(N)=O)CC1. The van der Waals surface area contributed by atoms with Crippen molar-refractivity contribution in [3.05, 3.63) is 0 Å². The molecular formula is C12H22N4O3. The lowest BCUT2D eigenvalue weighted by Gasteiger charge is -2.37. The third kappa shape index (κ3) is 4.20. The minimum Gasteiger partial charge on any atom is -0.351 e. The van der Waals surface area contributed by atoms with Gasteiger partial charge in [-0.3, -0.25) is 19.8 Å². The van der Waals surface area contributed by atoms with Crippen molar-refractivity contribution in [1.82, 2.24) is 15.1 Å². The average Bonchev–Trinajstić information content (AvgIpc) is 2.36. The number of nitrogens with one attached hydrogen (secondary N) is 1. The average molecular weight is 270 g/mol. The first-order valence-electron chi connectivity index (χ1n) is 6.46. The summed E-state index contributed by atoms with van der Waals surface area (Å²) in [5, 5.41) is 2.07. The molecule has 1 rings (SSSR count). The van der Waals surface area contributed by atoms with Gasteiger partial charge >= 0.3 is 6.03 Å². The van der Waals surface area contributed by atoms with Gasteiger partial charge < -0.3 is 10.6 Å². The van der Waals surface area contributed by atoms with E-state index in [4.69, 9.17) is 5.73 Å². The zero-order chi connectivity index (χ0) is 14.6. The molecule has 3 N–H and O–H groups in total. The summed E-state index contributed by atoms with van der Waals surface area (Å²) in [6.07, 6.45) is 0. The van der Waals surface area contributed by atoms with Crippen LogP contribution in [0.15, 0.2) is 0 Å². The van der Waals surface area contributed by atoms with Gasteiger partial charge in [0.1, 0.15) is 0 Å². The molecular weight excluding hydrogens is 248 g/mol. The van der Waals surface area contributed by atoms with Crippen molar-refractivity contribution in [2.24, 2.45) is 11.7 Å². The monoisotopic (exact) mass is 270 g/mol. The van der Waals surface area contributed by atoms with Gasteiger partial charge in [-0.25, -0.2) is 4.79 Å². The molecule has 0 aromatic rings. The van der Waals surface area contributed by atoms with E-state index in [1.807, 2.05) is 18.7 Å². The number of nitrogens with two attached hydrogens (primary N) is 1. The molecule has 1 fully saturated rings. The maximum Gasteiger partial charge on any atom is 0.318 e. The molecule has 1 aliphatic rings. The summed E-state index contributed by atoms with van der Waals surface area (Å²) < 4.78 is 0. The first kappa shape index (κ1) is 15.4. The summed E-state index contributed by atoms with van der Waals surface area (Å²) in [5.41, 5.74) is 4.91. The fraction of sp³-hybridized carbons (Fsp3) is 0.750. The Balaban J connectivity index is 2.47. The van der Waals surface area contributed by atoms with E-state index in [9.17, 15) is 14.4 Å². The Kier molecular flexibility index (Phi) is 5.29. The van der Waals surface area contributed by atoms with Gasteiger partial charge in [0.2, 0.25) is 11.8 Å². The molecule has 0 aliphatic carbocycles. The molecule has 1 atom stereocenters. The van der Waals surface area contributed by atoms with Crippen LogP contribution in [-0.2, 0) is 9.59 Å². The standard InChI is InChI=1S/C12H22N4O3/c1-8(2)11(18)16-6-4-15(5-7-16)9(3)10(17)14-12(13)19/h8-9H,4-7H2,1-3H3,(H3,13,14,17,19). The lowest BCUT2D eigenvalue weighted by Crippen LogP contribution is -2.56. The number of primary amides is 1. The van der Waals surface area contributed by atoms with Gasteiger partial charge in [-0.1, -0.05) is 13.8 Å². The summed E-state index contributed by atoms with van der Waals surface area (Å²) >= 11 is 0. The van der Waals surface area contributed by atoms with Crippen molar-refractivity contribution in [3.8, 4) is 0 Å². The summed E-state index contributed by atoms with van der Waals surface area (Å²) in [6, 6.07) is -1.27. The van der Waals surface area contributed by atoms with E-state index in [2.05, 4.69) is 5.32 Å². The number of nitrogens with zero attached hydrogens (tertiary/aromatic N) is 2. The number of carbonyl (C=O) groups is 3. The van der Waals surface area contributed by atoms with Crippen LogP contribution in [0, 0.1) is 5.92 Å². The molecule has 0 aromatic heterocycles. The van der Waals surface area contributed by atoms with Crippen LogP contribution >= 0.6 is 0 Å². The highest BCUT2D eigenvalue weighted by Crippen LogP contribution is 2.09. The maximum absolute atomic E-state index is 11.8. The van der Waals surface area contributed by atoms with E-state index in [0.717, 1.165) is 0 Å². The summed E-state index contributed by atoms with van der Waals surface area (Å²) in [7, 11) is 0. The van der Waals surface area contributed by atoms with Gasteiger partial charge in [-0.2, -0.15) is 0 Å². The topological polar surface area (TPSA) is 95.7 Å². The molecule has 1 heterocycles. The molecule has 1 saturated heterocycles. The smallest absolute Gasteiger partial charge is 0.318 e. The predicted molar refractivity (Wildman–Crippen MR) is 70.2 cm³/mol. The van der Waals surface area contributed by atoms with Crippen molar-refractivity contribution in [1.29, 1.82) is 0 Å². The molecule has 19 heavy (non-hydrogen) atoms. The van der Waals surface area contributed by atoms with Crippen LogP contribution in [0.2, 0.25) is 0 Å². The fourth-order valence-corrected chi connectivity index (χ4v) is 2.09. The van der Waals surface area contributed by atoms with Crippen molar-refractivity contribution in [2.75, 3.05) is 26.2 Å². The van der Waals surface area contributed by atoms with Gasteiger partial charge in [0.15, 0.2) is 0 Å². The molecule has 7 nitrogen and oxygen atoms in total. The van der Waals surface area contributed by atoms with E-state index in [0.29, 0.717) is 26.2 Å². The van der Waals surface area contributed by atoms with Crippen LogP contribution in [-0.4, -0.2) is 59.9 Å². The number of piperazine rings is 1. The summed E-state index contributed by atoms with van der Waals surface area (Å²) in [5.74, 6) is -0.285. The largest absolute Gasteiger partial charge is 0.351 e. The van der Waals surface area contributed by atoms with Gasteiger partial charge in [-0.05, 0) is 6.92 Å². The molecule has 1 aliphatic heterocycles. The first-order valence-corrected chi connectivity index (χ1v) is 6.46. The van der Waals surface area contributed by atoms with E-state index in [1.54, 1.807) is 11.8 Å². The second-order valence-electron chi connectivity index (χ2n) is 5.05. The number of rotatable bonds is 3. The fourth-order valence-electron chi connectivity index (χ4n) is 2.09. The molecule has 0 radical (unpaired) electrons. The molecule has 0 bridgehead atoms. The lowest BCUT2D eigenvalue weighted by molar-refractivity contribution is -0.137. The van der Waals surface area contributed by atoms with Gasteiger partial charge in [0.05, 0.1) is 6.04 Å². The Morgan fingerprint density at radius 3 is 2.00 bits per heavy atom. The van der Waals surface area contributed by atoms with E-state index >= 15 is 0 Å². The van der Waals surface area contributed by atoms with Crippen molar-refractivity contribution in [2.45, 2.75) is 26.8 Å². The van der Waals surface area contributed by atoms with E-state index in [-0.39, 0.29) is 11.8 Å². The lowest BCUT2D eigenvalue weighted by atomic mass is 10.1. The van der Waals surface area contributed by atoms with Gasteiger partial charge in [0.25, 0.3) is 0 Å². The highest BCUT2D eigenvalue weighted by molar-refractivity contribution is 5.96. The van der Waals surface area contributed by atoms with Crippen molar-refractivity contribution < 1.29 is 14.4 Å². The maximum atomic E-state index is 11.8. The number of imide groups is 1. The molecule has 0 spiro atoms. The number of amides is 4. The molecule has 4 amide bonds. The quantitative estimate of drug-likeness (QED) is 0.713. The van der Waals surface area contributed by atoms with Gasteiger partial charge in [-0.15, -0.1) is 0 Å². The van der Waals surface area contributed by atoms with Crippen LogP contribution in [0.4, 0.5) is 4.79 Å². The van der Waals surface area contributed by atoms with Gasteiger partial charge in [0, 0.05) is 32.1 Å². The van der Waals surface area contributed by atoms with Crippen LogP contribution in [0.25, 0.3) is 0 Å². The minimum absolute atomic E-state index is 0.0119. The zero-order valence-corrected chi connectivity index (χ0v) is 11.7. The predicted octanol–water partition coefficient (Wildman–Crippen LogP) is -0.630. The number of hydrogen-bond acceptors (Lipinski definition) is 4.